The van der Waals surface area contributed by atoms with Crippen LogP contribution in [-0.2, 0) is 11.3 Å². The fourth-order valence-corrected chi connectivity index (χ4v) is 1.71. The molecule has 1 heterocycles. The van der Waals surface area contributed by atoms with Crippen molar-refractivity contribution in [2.24, 2.45) is 5.73 Å². The molecule has 0 atom stereocenters. The van der Waals surface area contributed by atoms with Crippen molar-refractivity contribution in [2.75, 3.05) is 13.1 Å². The van der Waals surface area contributed by atoms with Gasteiger partial charge in [0.15, 0.2) is 0 Å². The van der Waals surface area contributed by atoms with Crippen molar-refractivity contribution >= 4 is 5.91 Å². The van der Waals surface area contributed by atoms with E-state index in [1.54, 1.807) is 0 Å². The van der Waals surface area contributed by atoms with E-state index in [0.29, 0.717) is 19.5 Å². The summed E-state index contributed by atoms with van der Waals surface area (Å²) in [5.41, 5.74) is 7.54. The van der Waals surface area contributed by atoms with Gasteiger partial charge in [-0.05, 0) is 39.3 Å². The molecular formula is C12H22N4O. The minimum atomic E-state index is 0.0869. The van der Waals surface area contributed by atoms with Crippen LogP contribution >= 0.6 is 0 Å². The number of aromatic nitrogens is 2. The van der Waals surface area contributed by atoms with E-state index in [1.807, 2.05) is 18.5 Å². The summed E-state index contributed by atoms with van der Waals surface area (Å²) in [7, 11) is 0. The summed E-state index contributed by atoms with van der Waals surface area (Å²) in [6, 6.07) is 2.06. The Labute approximate surface area is 102 Å². The third-order valence-electron chi connectivity index (χ3n) is 2.58. The van der Waals surface area contributed by atoms with Gasteiger partial charge in [-0.25, -0.2) is 0 Å². The van der Waals surface area contributed by atoms with Crippen LogP contribution in [0.5, 0.6) is 0 Å². The lowest BCUT2D eigenvalue weighted by Gasteiger charge is -2.06. The lowest BCUT2D eigenvalue weighted by atomic mass is 10.3. The van der Waals surface area contributed by atoms with Crippen LogP contribution in [0.1, 0.15) is 30.7 Å². The molecule has 1 aromatic rings. The molecule has 0 aliphatic heterocycles. The molecule has 1 aromatic heterocycles. The molecule has 5 nitrogen and oxygen atoms in total. The molecule has 0 aromatic carbocycles. The summed E-state index contributed by atoms with van der Waals surface area (Å²) in [6.45, 7) is 6.13. The molecule has 0 radical (unpaired) electrons. The number of nitrogens with zero attached hydrogens (tertiary/aromatic N) is 2. The van der Waals surface area contributed by atoms with Crippen molar-refractivity contribution in [1.29, 1.82) is 0 Å². The summed E-state index contributed by atoms with van der Waals surface area (Å²) in [6.07, 6.45) is 2.18. The molecule has 0 aliphatic rings. The fraction of sp³-hybridized carbons (Fsp3) is 0.667. The van der Waals surface area contributed by atoms with E-state index in [0.717, 1.165) is 30.8 Å². The van der Waals surface area contributed by atoms with Crippen molar-refractivity contribution in [1.82, 2.24) is 15.1 Å². The van der Waals surface area contributed by atoms with Gasteiger partial charge in [-0.1, -0.05) is 0 Å². The SMILES string of the molecule is Cc1cc(C)n(CCCNC(=O)CCCN)n1. The van der Waals surface area contributed by atoms with Gasteiger partial charge in [0.25, 0.3) is 0 Å². The van der Waals surface area contributed by atoms with Crippen LogP contribution in [0.4, 0.5) is 0 Å². The van der Waals surface area contributed by atoms with E-state index in [1.165, 1.54) is 0 Å². The normalized spacial score (nSPS) is 10.5. The molecule has 96 valence electrons. The zero-order valence-electron chi connectivity index (χ0n) is 10.7. The Hall–Kier alpha value is -1.36. The molecule has 0 saturated carbocycles. The minimum Gasteiger partial charge on any atom is -0.356 e. The van der Waals surface area contributed by atoms with Crippen LogP contribution in [0, 0.1) is 13.8 Å². The summed E-state index contributed by atoms with van der Waals surface area (Å²) in [4.78, 5) is 11.3. The average Bonchev–Trinajstić information content (AvgIpc) is 2.60. The first-order valence-electron chi connectivity index (χ1n) is 6.11. The van der Waals surface area contributed by atoms with Gasteiger partial charge in [-0.15, -0.1) is 0 Å². The molecule has 3 N–H and O–H groups in total. The first-order chi connectivity index (χ1) is 8.13. The minimum absolute atomic E-state index is 0.0869. The number of hydrogen-bond donors (Lipinski definition) is 2. The lowest BCUT2D eigenvalue weighted by Crippen LogP contribution is -2.25. The highest BCUT2D eigenvalue weighted by Crippen LogP contribution is 2.02. The second kappa shape index (κ2) is 7.06. The van der Waals surface area contributed by atoms with Crippen LogP contribution in [0.15, 0.2) is 6.07 Å². The number of amides is 1. The van der Waals surface area contributed by atoms with E-state index in [2.05, 4.69) is 16.5 Å². The zero-order chi connectivity index (χ0) is 12.7. The summed E-state index contributed by atoms with van der Waals surface area (Å²) in [5, 5.41) is 7.24. The first-order valence-corrected chi connectivity index (χ1v) is 6.11. The molecule has 1 amide bonds. The Morgan fingerprint density at radius 1 is 1.47 bits per heavy atom. The maximum absolute atomic E-state index is 11.3. The van der Waals surface area contributed by atoms with Gasteiger partial charge < -0.3 is 11.1 Å². The molecule has 0 spiro atoms. The second-order valence-electron chi connectivity index (χ2n) is 4.25. The molecular weight excluding hydrogens is 216 g/mol. The van der Waals surface area contributed by atoms with Gasteiger partial charge in [0.05, 0.1) is 5.69 Å². The Morgan fingerprint density at radius 3 is 2.82 bits per heavy atom. The third-order valence-corrected chi connectivity index (χ3v) is 2.58. The number of aryl methyl sites for hydroxylation is 3. The molecule has 0 unspecified atom stereocenters. The van der Waals surface area contributed by atoms with E-state index < -0.39 is 0 Å². The Kier molecular flexibility index (Phi) is 5.69. The van der Waals surface area contributed by atoms with Crippen LogP contribution in [0.3, 0.4) is 0 Å². The molecule has 0 bridgehead atoms. The fourth-order valence-electron chi connectivity index (χ4n) is 1.71. The highest BCUT2D eigenvalue weighted by molar-refractivity contribution is 5.75. The molecule has 17 heavy (non-hydrogen) atoms. The Morgan fingerprint density at radius 2 is 2.24 bits per heavy atom. The van der Waals surface area contributed by atoms with Crippen LogP contribution in [0.2, 0.25) is 0 Å². The molecule has 0 saturated heterocycles. The predicted molar refractivity (Wildman–Crippen MR) is 67.6 cm³/mol. The summed E-state index contributed by atoms with van der Waals surface area (Å²) in [5.74, 6) is 0.0869. The van der Waals surface area contributed by atoms with Gasteiger partial charge in [0.2, 0.25) is 5.91 Å². The first kappa shape index (κ1) is 13.7. The van der Waals surface area contributed by atoms with Crippen LogP contribution in [-0.4, -0.2) is 28.8 Å². The van der Waals surface area contributed by atoms with Gasteiger partial charge >= 0.3 is 0 Å². The zero-order valence-corrected chi connectivity index (χ0v) is 10.7. The number of nitrogens with one attached hydrogen (secondary N) is 1. The summed E-state index contributed by atoms with van der Waals surface area (Å²) < 4.78 is 1.97. The van der Waals surface area contributed by atoms with Crippen LogP contribution < -0.4 is 11.1 Å². The maximum Gasteiger partial charge on any atom is 0.220 e. The molecule has 5 heteroatoms. The number of carbonyl (C=O) groups excluding carboxylic acids is 1. The second-order valence-corrected chi connectivity index (χ2v) is 4.25. The summed E-state index contributed by atoms with van der Waals surface area (Å²) >= 11 is 0. The lowest BCUT2D eigenvalue weighted by molar-refractivity contribution is -0.121. The number of nitrogens with two attached hydrogens (primary N) is 1. The van der Waals surface area contributed by atoms with Gasteiger partial charge in [0.1, 0.15) is 0 Å². The van der Waals surface area contributed by atoms with Gasteiger partial charge in [-0.3, -0.25) is 9.48 Å². The van der Waals surface area contributed by atoms with E-state index >= 15 is 0 Å². The quantitative estimate of drug-likeness (QED) is 0.688. The smallest absolute Gasteiger partial charge is 0.220 e. The van der Waals surface area contributed by atoms with E-state index in [4.69, 9.17) is 5.73 Å². The highest BCUT2D eigenvalue weighted by Gasteiger charge is 2.02. The van der Waals surface area contributed by atoms with Gasteiger partial charge in [0, 0.05) is 25.2 Å². The van der Waals surface area contributed by atoms with Crippen molar-refractivity contribution in [2.45, 2.75) is 39.7 Å². The topological polar surface area (TPSA) is 72.9 Å². The number of hydrogen-bond acceptors (Lipinski definition) is 3. The largest absolute Gasteiger partial charge is 0.356 e. The number of carbonyl (C=O) groups is 1. The maximum atomic E-state index is 11.3. The highest BCUT2D eigenvalue weighted by atomic mass is 16.1. The predicted octanol–water partition coefficient (Wildman–Crippen LogP) is 0.745. The van der Waals surface area contributed by atoms with E-state index in [9.17, 15) is 4.79 Å². The number of rotatable bonds is 7. The standard InChI is InChI=1S/C12H22N4O/c1-10-9-11(2)16(15-10)8-4-7-14-12(17)5-3-6-13/h9H,3-8,13H2,1-2H3,(H,14,17). The van der Waals surface area contributed by atoms with Crippen LogP contribution in [0.25, 0.3) is 0 Å². The average molecular weight is 238 g/mol. The van der Waals surface area contributed by atoms with Gasteiger partial charge in [-0.2, -0.15) is 5.10 Å². The third kappa shape index (κ3) is 4.99. The van der Waals surface area contributed by atoms with Crippen molar-refractivity contribution in [3.8, 4) is 0 Å². The molecule has 1 rings (SSSR count). The Balaban J connectivity index is 2.16. The molecule has 0 fully saturated rings. The Bertz CT molecular complexity index is 359. The van der Waals surface area contributed by atoms with Crippen molar-refractivity contribution in [3.63, 3.8) is 0 Å². The van der Waals surface area contributed by atoms with E-state index in [-0.39, 0.29) is 5.91 Å². The van der Waals surface area contributed by atoms with Crippen molar-refractivity contribution < 1.29 is 4.79 Å². The van der Waals surface area contributed by atoms with Crippen molar-refractivity contribution in [3.05, 3.63) is 17.5 Å². The monoisotopic (exact) mass is 238 g/mol. The molecule has 0 aliphatic carbocycles.